The fourth-order valence-electron chi connectivity index (χ4n) is 8.15. The number of hydrogen-bond acceptors (Lipinski definition) is 7. The van der Waals surface area contributed by atoms with Crippen LogP contribution in [-0.4, -0.2) is 63.0 Å². The molecule has 0 aliphatic heterocycles. The summed E-state index contributed by atoms with van der Waals surface area (Å²) in [5.41, 5.74) is 8.45. The molecule has 0 amide bonds. The Balaban J connectivity index is 0.000000756. The molecule has 4 unspecified atom stereocenters. The number of allylic oxidation sites excluding steroid dienone is 3. The second-order valence-corrected chi connectivity index (χ2v) is 15.0. The first-order chi connectivity index (χ1) is 22.3. The SMILES string of the molecule is CC.CCCCOC(=O)C1([C@H](O)/C=C/C(C)[C@H]2CC[C@@]3(N)/C(=C/C=C4CC(O)C(C)[C@H](O)C4)CCCC23C)CC1.CCC[C@@H](O)CC. The van der Waals surface area contributed by atoms with Gasteiger partial charge in [0.1, 0.15) is 0 Å². The van der Waals surface area contributed by atoms with Gasteiger partial charge in [-0.3, -0.25) is 4.79 Å². The largest absolute Gasteiger partial charge is 0.465 e. The number of hydrogen-bond donors (Lipinski definition) is 5. The maximum atomic E-state index is 12.6. The molecule has 0 bridgehead atoms. The Morgan fingerprint density at radius 2 is 1.64 bits per heavy atom. The Morgan fingerprint density at radius 1 is 1.00 bits per heavy atom. The van der Waals surface area contributed by atoms with Gasteiger partial charge in [-0.2, -0.15) is 0 Å². The molecule has 0 aromatic heterocycles. The summed E-state index contributed by atoms with van der Waals surface area (Å²) in [7, 11) is 0. The molecule has 4 aliphatic rings. The van der Waals surface area contributed by atoms with Gasteiger partial charge in [0.05, 0.1) is 36.4 Å². The van der Waals surface area contributed by atoms with Gasteiger partial charge in [0.15, 0.2) is 0 Å². The Bertz CT molecular complexity index is 1040. The van der Waals surface area contributed by atoms with Gasteiger partial charge in [0, 0.05) is 11.5 Å². The van der Waals surface area contributed by atoms with E-state index in [0.29, 0.717) is 38.2 Å². The van der Waals surface area contributed by atoms with Gasteiger partial charge in [-0.15, -0.1) is 0 Å². The van der Waals surface area contributed by atoms with E-state index in [9.17, 15) is 20.1 Å². The van der Waals surface area contributed by atoms with Gasteiger partial charge in [-0.25, -0.2) is 0 Å². The number of carbonyl (C=O) groups is 1. The average Bonchev–Trinajstić information content (AvgIpc) is 3.82. The first kappa shape index (κ1) is 41.7. The molecule has 0 aromatic rings. The minimum absolute atomic E-state index is 0.0509. The van der Waals surface area contributed by atoms with E-state index in [2.05, 4.69) is 45.9 Å². The lowest BCUT2D eigenvalue weighted by molar-refractivity contribution is -0.153. The van der Waals surface area contributed by atoms with Crippen LogP contribution >= 0.6 is 0 Å². The van der Waals surface area contributed by atoms with Crippen LogP contribution in [0.15, 0.2) is 35.5 Å². The van der Waals surface area contributed by atoms with Crippen LogP contribution in [0.1, 0.15) is 145 Å². The van der Waals surface area contributed by atoms with Crippen LogP contribution in [0.4, 0.5) is 0 Å². The number of fused-ring (bicyclic) bond motifs is 1. The maximum absolute atomic E-state index is 12.6. The van der Waals surface area contributed by atoms with E-state index < -0.39 is 23.7 Å². The highest BCUT2D eigenvalue weighted by atomic mass is 16.5. The molecule has 9 atom stereocenters. The minimum atomic E-state index is -0.812. The molecule has 4 fully saturated rings. The van der Waals surface area contributed by atoms with Crippen molar-refractivity contribution < 1.29 is 30.0 Å². The topological polar surface area (TPSA) is 133 Å². The monoisotopic (exact) mass is 662 g/mol. The van der Waals surface area contributed by atoms with Crippen molar-refractivity contribution in [1.82, 2.24) is 0 Å². The molecule has 7 nitrogen and oxygen atoms in total. The Hall–Kier alpha value is -1.51. The number of ether oxygens (including phenoxy) is 1. The zero-order valence-electron chi connectivity index (χ0n) is 31.1. The van der Waals surface area contributed by atoms with Crippen LogP contribution in [0, 0.1) is 28.6 Å². The molecule has 0 heterocycles. The third-order valence-electron chi connectivity index (χ3n) is 11.9. The highest BCUT2D eigenvalue weighted by molar-refractivity contribution is 5.81. The number of esters is 1. The van der Waals surface area contributed by atoms with E-state index in [-0.39, 0.29) is 34.9 Å². The number of rotatable bonds is 12. The Labute approximate surface area is 287 Å². The smallest absolute Gasteiger partial charge is 0.315 e. The van der Waals surface area contributed by atoms with Crippen molar-refractivity contribution in [3.05, 3.63) is 35.5 Å². The lowest BCUT2D eigenvalue weighted by Gasteiger charge is -2.50. The summed E-state index contributed by atoms with van der Waals surface area (Å²) < 4.78 is 5.44. The fraction of sp³-hybridized carbons (Fsp3) is 0.825. The van der Waals surface area contributed by atoms with Crippen molar-refractivity contribution in [3.63, 3.8) is 0 Å². The average molecular weight is 662 g/mol. The summed E-state index contributed by atoms with van der Waals surface area (Å²) >= 11 is 0. The lowest BCUT2D eigenvalue weighted by Crippen LogP contribution is -2.56. The highest BCUT2D eigenvalue weighted by Crippen LogP contribution is 2.61. The fourth-order valence-corrected chi connectivity index (χ4v) is 8.15. The van der Waals surface area contributed by atoms with Crippen LogP contribution in [-0.2, 0) is 9.53 Å². The molecule has 4 saturated carbocycles. The predicted octanol–water partition coefficient (Wildman–Crippen LogP) is 7.55. The standard InChI is InChI=1S/C32H51NO5.C6H14O.C2H6/c1-5-6-18-38-29(37)31(16-17-31)28(36)12-9-21(2)25-13-15-32(33)24(8-7-14-30(25,32)4)11-10-23-19-26(34)22(3)27(35)20-23;1-3-5-6(7)4-2;1-2/h9-12,21-22,25-28,34-36H,5-8,13-20,33H2,1-4H3;6-7H,3-5H2,1-2H3;1-2H3/b12-9+,23-10?,24-11+;;/t21?,22?,25-,26-,27?,28-,30?,32-;6-;/m10./s1. The third-order valence-corrected chi connectivity index (χ3v) is 11.9. The molecule has 4 aliphatic carbocycles. The highest BCUT2D eigenvalue weighted by Gasteiger charge is 2.59. The van der Waals surface area contributed by atoms with E-state index in [0.717, 1.165) is 69.8 Å². The molecule has 0 saturated heterocycles. The number of aliphatic hydroxyl groups excluding tert-OH is 4. The van der Waals surface area contributed by atoms with Crippen LogP contribution in [0.5, 0.6) is 0 Å². The second kappa shape index (κ2) is 19.0. The molecule has 4 rings (SSSR count). The summed E-state index contributed by atoms with van der Waals surface area (Å²) in [4.78, 5) is 12.6. The maximum Gasteiger partial charge on any atom is 0.315 e. The summed E-state index contributed by atoms with van der Waals surface area (Å²) in [6.45, 7) is 17.0. The molecule has 6 N–H and O–H groups in total. The van der Waals surface area contributed by atoms with Gasteiger partial charge in [0.2, 0.25) is 0 Å². The van der Waals surface area contributed by atoms with Crippen molar-refractivity contribution >= 4 is 5.97 Å². The van der Waals surface area contributed by atoms with Crippen molar-refractivity contribution in [3.8, 4) is 0 Å². The summed E-state index contributed by atoms with van der Waals surface area (Å²) in [6.07, 6.45) is 18.8. The second-order valence-electron chi connectivity index (χ2n) is 15.0. The number of nitrogens with two attached hydrogens (primary N) is 1. The van der Waals surface area contributed by atoms with Gasteiger partial charge < -0.3 is 30.9 Å². The van der Waals surface area contributed by atoms with Crippen LogP contribution < -0.4 is 5.73 Å². The molecular formula is C40H71NO6. The van der Waals surface area contributed by atoms with Crippen LogP contribution in [0.2, 0.25) is 0 Å². The van der Waals surface area contributed by atoms with E-state index in [1.165, 1.54) is 5.57 Å². The van der Waals surface area contributed by atoms with Gasteiger partial charge in [0.25, 0.3) is 0 Å². The van der Waals surface area contributed by atoms with Gasteiger partial charge in [-0.05, 0) is 99.9 Å². The van der Waals surface area contributed by atoms with Gasteiger partial charge >= 0.3 is 5.97 Å². The first-order valence-electron chi connectivity index (χ1n) is 19.0. The van der Waals surface area contributed by atoms with E-state index in [1.54, 1.807) is 0 Å². The summed E-state index contributed by atoms with van der Waals surface area (Å²) in [5.74, 6) is 0.268. The Kier molecular flexibility index (Phi) is 16.9. The van der Waals surface area contributed by atoms with E-state index in [4.69, 9.17) is 15.6 Å². The molecule has 272 valence electrons. The predicted molar refractivity (Wildman–Crippen MR) is 193 cm³/mol. The van der Waals surface area contributed by atoms with E-state index >= 15 is 0 Å². The van der Waals surface area contributed by atoms with Crippen molar-refractivity contribution in [2.75, 3.05) is 6.61 Å². The van der Waals surface area contributed by atoms with E-state index in [1.807, 2.05) is 33.8 Å². The number of aliphatic hydroxyl groups is 4. The summed E-state index contributed by atoms with van der Waals surface area (Å²) in [5, 5.41) is 40.4. The van der Waals surface area contributed by atoms with Crippen LogP contribution in [0.25, 0.3) is 0 Å². The lowest BCUT2D eigenvalue weighted by atomic mass is 9.57. The normalized spacial score (nSPS) is 34.8. The van der Waals surface area contributed by atoms with Crippen molar-refractivity contribution in [1.29, 1.82) is 0 Å². The van der Waals surface area contributed by atoms with Gasteiger partial charge in [-0.1, -0.05) is 98.1 Å². The minimum Gasteiger partial charge on any atom is -0.465 e. The Morgan fingerprint density at radius 3 is 2.17 bits per heavy atom. The molecule has 7 heteroatoms. The molecular weight excluding hydrogens is 590 g/mol. The van der Waals surface area contributed by atoms with Crippen LogP contribution in [0.3, 0.4) is 0 Å². The molecule has 0 radical (unpaired) electrons. The molecule has 0 spiro atoms. The quantitative estimate of drug-likeness (QED) is 0.0829. The number of unbranched alkanes of at least 4 members (excludes halogenated alkanes) is 1. The number of carbonyl (C=O) groups excluding carboxylic acids is 1. The van der Waals surface area contributed by atoms with Crippen molar-refractivity contribution in [2.24, 2.45) is 34.3 Å². The third kappa shape index (κ3) is 10.0. The van der Waals surface area contributed by atoms with Crippen molar-refractivity contribution in [2.45, 2.75) is 175 Å². The first-order valence-corrected chi connectivity index (χ1v) is 19.0. The zero-order valence-corrected chi connectivity index (χ0v) is 31.1. The molecule has 47 heavy (non-hydrogen) atoms. The molecule has 0 aromatic carbocycles. The zero-order chi connectivity index (χ0) is 35.4. The summed E-state index contributed by atoms with van der Waals surface area (Å²) in [6, 6.07) is 0.